The first-order valence-electron chi connectivity index (χ1n) is 13.1. The predicted molar refractivity (Wildman–Crippen MR) is 131 cm³/mol. The number of hydrogen-bond donors (Lipinski definition) is 0. The Labute approximate surface area is 215 Å². The summed E-state index contributed by atoms with van der Waals surface area (Å²) in [6, 6.07) is 4.30. The monoisotopic (exact) mass is 519 g/mol. The summed E-state index contributed by atoms with van der Waals surface area (Å²) < 4.78 is 66.9. The second kappa shape index (κ2) is 14.0. The Morgan fingerprint density at radius 2 is 1.38 bits per heavy atom. The van der Waals surface area contributed by atoms with Crippen LogP contribution in [0, 0.1) is 46.4 Å². The number of nitrogens with zero attached hydrogens (tertiary/aromatic N) is 1. The molecule has 0 bridgehead atoms. The van der Waals surface area contributed by atoms with Crippen LogP contribution in [0.3, 0.4) is 0 Å². The van der Waals surface area contributed by atoms with E-state index in [0.717, 1.165) is 43.7 Å². The van der Waals surface area contributed by atoms with Gasteiger partial charge in [-0.3, -0.25) is 0 Å². The van der Waals surface area contributed by atoms with E-state index in [-0.39, 0.29) is 5.75 Å². The SMILES string of the molecule is CCCCCCCCC1CCC(COc2cc(F)c(C(=O)Oc3cc(F)c(C#N)c(F)c3)c(F)c2)CC1. The summed E-state index contributed by atoms with van der Waals surface area (Å²) in [6.45, 7) is 2.55. The van der Waals surface area contributed by atoms with Crippen LogP contribution in [-0.2, 0) is 0 Å². The Kier molecular flexibility index (Phi) is 10.8. The molecule has 8 heteroatoms. The minimum absolute atomic E-state index is 0.0452. The molecule has 2 aromatic rings. The first-order valence-corrected chi connectivity index (χ1v) is 13.1. The van der Waals surface area contributed by atoms with Crippen LogP contribution in [0.4, 0.5) is 17.6 Å². The average molecular weight is 520 g/mol. The van der Waals surface area contributed by atoms with Gasteiger partial charge in [0.2, 0.25) is 0 Å². The second-order valence-corrected chi connectivity index (χ2v) is 9.78. The number of carbonyl (C=O) groups is 1. The van der Waals surface area contributed by atoms with E-state index in [9.17, 15) is 22.4 Å². The molecule has 2 aromatic carbocycles. The van der Waals surface area contributed by atoms with Crippen molar-refractivity contribution in [3.05, 3.63) is 58.7 Å². The average Bonchev–Trinajstić information content (AvgIpc) is 2.85. The van der Waals surface area contributed by atoms with Gasteiger partial charge in [-0.05, 0) is 24.7 Å². The lowest BCUT2D eigenvalue weighted by atomic mass is 9.80. The minimum atomic E-state index is -1.46. The third-order valence-electron chi connectivity index (χ3n) is 6.98. The van der Waals surface area contributed by atoms with Crippen LogP contribution in [0.25, 0.3) is 0 Å². The van der Waals surface area contributed by atoms with Crippen molar-refractivity contribution in [2.24, 2.45) is 11.8 Å². The molecule has 0 aromatic heterocycles. The van der Waals surface area contributed by atoms with Crippen LogP contribution < -0.4 is 9.47 Å². The van der Waals surface area contributed by atoms with Crippen LogP contribution in [0.5, 0.6) is 11.5 Å². The largest absolute Gasteiger partial charge is 0.493 e. The molecular formula is C29H33F4NO3. The summed E-state index contributed by atoms with van der Waals surface area (Å²) in [5, 5.41) is 8.70. The van der Waals surface area contributed by atoms with Crippen molar-refractivity contribution in [3.63, 3.8) is 0 Å². The highest BCUT2D eigenvalue weighted by Gasteiger charge is 2.24. The third kappa shape index (κ3) is 8.21. The molecule has 0 spiro atoms. The van der Waals surface area contributed by atoms with E-state index in [2.05, 4.69) is 6.92 Å². The number of rotatable bonds is 12. The van der Waals surface area contributed by atoms with Gasteiger partial charge in [0.25, 0.3) is 0 Å². The molecule has 3 rings (SSSR count). The highest BCUT2D eigenvalue weighted by atomic mass is 19.1. The number of esters is 1. The first-order chi connectivity index (χ1) is 17.8. The van der Waals surface area contributed by atoms with Crippen LogP contribution in [0.15, 0.2) is 24.3 Å². The molecule has 0 amide bonds. The van der Waals surface area contributed by atoms with Gasteiger partial charge in [0.1, 0.15) is 52.0 Å². The highest BCUT2D eigenvalue weighted by Crippen LogP contribution is 2.33. The van der Waals surface area contributed by atoms with Gasteiger partial charge < -0.3 is 9.47 Å². The van der Waals surface area contributed by atoms with Gasteiger partial charge in [-0.25, -0.2) is 22.4 Å². The molecule has 1 aliphatic carbocycles. The fourth-order valence-electron chi connectivity index (χ4n) is 4.82. The predicted octanol–water partition coefficient (Wildman–Crippen LogP) is 8.27. The molecule has 0 unspecified atom stereocenters. The van der Waals surface area contributed by atoms with E-state index in [1.807, 2.05) is 0 Å². The molecule has 0 N–H and O–H groups in total. The number of nitriles is 1. The van der Waals surface area contributed by atoms with Crippen LogP contribution in [-0.4, -0.2) is 12.6 Å². The highest BCUT2D eigenvalue weighted by molar-refractivity contribution is 5.91. The summed E-state index contributed by atoms with van der Waals surface area (Å²) in [6.07, 6.45) is 13.3. The van der Waals surface area contributed by atoms with Crippen molar-refractivity contribution in [2.45, 2.75) is 77.6 Å². The Hall–Kier alpha value is -3.08. The third-order valence-corrected chi connectivity index (χ3v) is 6.98. The first kappa shape index (κ1) is 28.5. The normalized spacial score (nSPS) is 17.3. The van der Waals surface area contributed by atoms with E-state index in [1.165, 1.54) is 51.0 Å². The molecule has 4 nitrogen and oxygen atoms in total. The van der Waals surface area contributed by atoms with Gasteiger partial charge in [-0.15, -0.1) is 0 Å². The lowest BCUT2D eigenvalue weighted by molar-refractivity contribution is 0.0723. The molecule has 0 radical (unpaired) electrons. The maximum absolute atomic E-state index is 14.6. The van der Waals surface area contributed by atoms with Crippen LogP contribution in [0.1, 0.15) is 93.5 Å². The molecule has 0 heterocycles. The van der Waals surface area contributed by atoms with E-state index in [0.29, 0.717) is 24.7 Å². The fraction of sp³-hybridized carbons (Fsp3) is 0.517. The molecule has 0 atom stereocenters. The topological polar surface area (TPSA) is 59.3 Å². The zero-order valence-electron chi connectivity index (χ0n) is 21.1. The van der Waals surface area contributed by atoms with E-state index >= 15 is 0 Å². The van der Waals surface area contributed by atoms with Crippen molar-refractivity contribution < 1.29 is 31.8 Å². The van der Waals surface area contributed by atoms with Crippen LogP contribution in [0.2, 0.25) is 0 Å². The summed E-state index contributed by atoms with van der Waals surface area (Å²) in [7, 11) is 0. The number of benzene rings is 2. The number of ether oxygens (including phenoxy) is 2. The Morgan fingerprint density at radius 3 is 1.97 bits per heavy atom. The molecule has 0 aliphatic heterocycles. The van der Waals surface area contributed by atoms with E-state index < -0.39 is 46.1 Å². The van der Waals surface area contributed by atoms with Gasteiger partial charge >= 0.3 is 5.97 Å². The summed E-state index contributed by atoms with van der Waals surface area (Å²) in [4.78, 5) is 12.3. The van der Waals surface area contributed by atoms with Gasteiger partial charge in [-0.1, -0.05) is 64.7 Å². The second-order valence-electron chi connectivity index (χ2n) is 9.78. The van der Waals surface area contributed by atoms with Crippen molar-refractivity contribution in [1.82, 2.24) is 0 Å². The van der Waals surface area contributed by atoms with Gasteiger partial charge in [0.15, 0.2) is 0 Å². The maximum atomic E-state index is 14.6. The standard InChI is InChI=1S/C29H33F4NO3/c1-2-3-4-5-6-7-8-19-9-11-20(12-10-19)18-36-21-13-26(32)28(27(33)14-21)29(35)37-22-15-24(30)23(17-34)25(31)16-22/h13-16,19-20H,2-12,18H2,1H3. The number of halogens is 4. The van der Waals surface area contributed by atoms with Crippen molar-refractivity contribution >= 4 is 5.97 Å². The van der Waals surface area contributed by atoms with E-state index in [4.69, 9.17) is 14.7 Å². The quantitative estimate of drug-likeness (QED) is 0.123. The summed E-state index contributed by atoms with van der Waals surface area (Å²) in [5.41, 5.74) is -1.86. The molecular weight excluding hydrogens is 486 g/mol. The fourth-order valence-corrected chi connectivity index (χ4v) is 4.82. The minimum Gasteiger partial charge on any atom is -0.493 e. The number of hydrogen-bond acceptors (Lipinski definition) is 4. The smallest absolute Gasteiger partial charge is 0.349 e. The lowest BCUT2D eigenvalue weighted by Gasteiger charge is -2.28. The number of carbonyl (C=O) groups excluding carboxylic acids is 1. The number of unbranched alkanes of at least 4 members (excludes halogenated alkanes) is 5. The van der Waals surface area contributed by atoms with Crippen molar-refractivity contribution in [1.29, 1.82) is 5.26 Å². The van der Waals surface area contributed by atoms with Crippen LogP contribution >= 0.6 is 0 Å². The van der Waals surface area contributed by atoms with Gasteiger partial charge in [-0.2, -0.15) is 5.26 Å². The molecule has 1 aliphatic rings. The molecule has 37 heavy (non-hydrogen) atoms. The summed E-state index contributed by atoms with van der Waals surface area (Å²) in [5.74, 6) is -6.03. The van der Waals surface area contributed by atoms with E-state index in [1.54, 1.807) is 0 Å². The molecule has 1 saturated carbocycles. The zero-order chi connectivity index (χ0) is 26.8. The van der Waals surface area contributed by atoms with Gasteiger partial charge in [0.05, 0.1) is 6.61 Å². The maximum Gasteiger partial charge on any atom is 0.349 e. The Morgan fingerprint density at radius 1 is 0.838 bits per heavy atom. The van der Waals surface area contributed by atoms with Gasteiger partial charge in [0, 0.05) is 24.3 Å². The Bertz CT molecular complexity index is 1060. The van der Waals surface area contributed by atoms with Crippen molar-refractivity contribution in [3.8, 4) is 17.6 Å². The summed E-state index contributed by atoms with van der Waals surface area (Å²) >= 11 is 0. The molecule has 1 fully saturated rings. The molecule has 200 valence electrons. The van der Waals surface area contributed by atoms with Crippen molar-refractivity contribution in [2.75, 3.05) is 6.61 Å². The Balaban J connectivity index is 1.48. The zero-order valence-corrected chi connectivity index (χ0v) is 21.1. The lowest BCUT2D eigenvalue weighted by Crippen LogP contribution is -2.20. The molecule has 0 saturated heterocycles.